The highest BCUT2D eigenvalue weighted by molar-refractivity contribution is 6.00. The minimum Gasteiger partial charge on any atom is -0.457 e. The molecule has 12 rings (SSSR count). The van der Waals surface area contributed by atoms with E-state index in [1.54, 1.807) is 0 Å². The number of benzene rings is 8. The van der Waals surface area contributed by atoms with E-state index in [2.05, 4.69) is 215 Å². The molecule has 2 aromatic heterocycles. The molecule has 0 unspecified atom stereocenters. The molecule has 1 spiro atoms. The topological polar surface area (TPSA) is 28.3 Å². The molecular weight excluding hydrogens is 697 g/mol. The van der Waals surface area contributed by atoms with E-state index in [1.807, 2.05) is 0 Å². The van der Waals surface area contributed by atoms with Gasteiger partial charge in [-0.2, -0.15) is 0 Å². The van der Waals surface area contributed by atoms with Crippen molar-refractivity contribution in [1.82, 2.24) is 9.13 Å². The molecule has 0 bridgehead atoms. The fraction of sp³-hybridized carbons (Fsp3) is 0.0189. The minimum atomic E-state index is -0.821. The Morgan fingerprint density at radius 1 is 0.333 bits per heavy atom. The van der Waals surface area contributed by atoms with Crippen molar-refractivity contribution in [2.24, 2.45) is 0 Å². The highest BCUT2D eigenvalue weighted by atomic mass is 16.5. The first-order valence-electron chi connectivity index (χ1n) is 19.4. The number of para-hydroxylation sites is 4. The number of nitrogens with zero attached hydrogens (tertiary/aromatic N) is 2. The van der Waals surface area contributed by atoms with Crippen LogP contribution in [0.25, 0.3) is 55.4 Å². The molecule has 0 amide bonds. The van der Waals surface area contributed by atoms with E-state index in [9.17, 15) is 0 Å². The van der Waals surface area contributed by atoms with Gasteiger partial charge in [0.15, 0.2) is 0 Å². The summed E-state index contributed by atoms with van der Waals surface area (Å²) in [7, 11) is 0. The maximum Gasteiger partial charge on any atom is 0.212 e. The molecule has 268 valence electrons. The fourth-order valence-electron chi connectivity index (χ4n) is 9.52. The second kappa shape index (κ2) is 12.2. The number of hydrogen-bond acceptors (Lipinski definition) is 2. The molecule has 8 aromatic carbocycles. The Hall–Kier alpha value is -7.56. The lowest BCUT2D eigenvalue weighted by molar-refractivity contribution is 0.376. The first kappa shape index (κ1) is 31.8. The molecule has 0 atom stereocenters. The van der Waals surface area contributed by atoms with Crippen molar-refractivity contribution in [2.75, 3.05) is 0 Å². The van der Waals surface area contributed by atoms with Crippen LogP contribution in [0.5, 0.6) is 23.3 Å². The minimum absolute atomic E-state index is 0.781. The van der Waals surface area contributed by atoms with Gasteiger partial charge in [-0.05, 0) is 70.8 Å². The molecule has 4 heterocycles. The number of hydrogen-bond donors (Lipinski definition) is 0. The Labute approximate surface area is 330 Å². The van der Waals surface area contributed by atoms with Crippen LogP contribution in [0.3, 0.4) is 0 Å². The van der Waals surface area contributed by atoms with E-state index in [4.69, 9.17) is 9.47 Å². The predicted octanol–water partition coefficient (Wildman–Crippen LogP) is 13.5. The number of rotatable bonds is 4. The Kier molecular flexibility index (Phi) is 6.81. The monoisotopic (exact) mass is 730 g/mol. The van der Waals surface area contributed by atoms with Crippen LogP contribution >= 0.6 is 0 Å². The second-order valence-corrected chi connectivity index (χ2v) is 14.8. The quantitative estimate of drug-likeness (QED) is 0.180. The van der Waals surface area contributed by atoms with Gasteiger partial charge in [-0.3, -0.25) is 9.13 Å². The Bertz CT molecular complexity index is 2980. The molecule has 2 aliphatic rings. The zero-order valence-electron chi connectivity index (χ0n) is 30.8. The van der Waals surface area contributed by atoms with Crippen molar-refractivity contribution < 1.29 is 9.47 Å². The molecular formula is C53H34N2O2. The van der Waals surface area contributed by atoms with Gasteiger partial charge >= 0.3 is 0 Å². The standard InChI is InChI=1S/C53H34N2O2/c1-3-17-35(18-4-1)37-21-15-23-39(33-37)54-45-29-11-7-25-41(45)49-51(54)57-52-50(53(49)43-27-9-13-31-47(43)56-48-32-14-10-28-44(48)53)42-26-8-12-30-46(42)55(52)40-24-16-22-38(34-40)36-19-5-2-6-20-36/h1-34H. The van der Waals surface area contributed by atoms with Crippen LogP contribution in [0.1, 0.15) is 22.3 Å². The van der Waals surface area contributed by atoms with Gasteiger partial charge in [0.1, 0.15) is 11.5 Å². The number of ether oxygens (including phenoxy) is 2. The highest BCUT2D eigenvalue weighted by Gasteiger charge is 2.55. The molecule has 0 fully saturated rings. The van der Waals surface area contributed by atoms with Crippen LogP contribution in [-0.2, 0) is 5.41 Å². The summed E-state index contributed by atoms with van der Waals surface area (Å²) in [5.74, 6) is 3.23. The van der Waals surface area contributed by atoms with Gasteiger partial charge in [0.2, 0.25) is 11.8 Å². The summed E-state index contributed by atoms with van der Waals surface area (Å²) in [5.41, 5.74) is 12.3. The van der Waals surface area contributed by atoms with Gasteiger partial charge < -0.3 is 9.47 Å². The van der Waals surface area contributed by atoms with Crippen LogP contribution in [-0.4, -0.2) is 9.13 Å². The van der Waals surface area contributed by atoms with E-state index in [0.717, 1.165) is 101 Å². The van der Waals surface area contributed by atoms with Crippen LogP contribution < -0.4 is 9.47 Å². The van der Waals surface area contributed by atoms with Crippen molar-refractivity contribution in [3.8, 4) is 56.9 Å². The lowest BCUT2D eigenvalue weighted by atomic mass is 9.62. The third kappa shape index (κ3) is 4.50. The van der Waals surface area contributed by atoms with Crippen molar-refractivity contribution in [3.05, 3.63) is 229 Å². The largest absolute Gasteiger partial charge is 0.457 e. The maximum absolute atomic E-state index is 7.65. The van der Waals surface area contributed by atoms with E-state index >= 15 is 0 Å². The van der Waals surface area contributed by atoms with Crippen LogP contribution in [0.15, 0.2) is 206 Å². The summed E-state index contributed by atoms with van der Waals surface area (Å²) in [4.78, 5) is 0. The van der Waals surface area contributed by atoms with Crippen LogP contribution in [0, 0.1) is 0 Å². The van der Waals surface area contributed by atoms with E-state index in [1.165, 1.54) is 0 Å². The van der Waals surface area contributed by atoms with Crippen molar-refractivity contribution in [1.29, 1.82) is 0 Å². The molecule has 0 saturated heterocycles. The average molecular weight is 731 g/mol. The Balaban J connectivity index is 1.25. The third-order valence-corrected chi connectivity index (χ3v) is 11.8. The summed E-state index contributed by atoms with van der Waals surface area (Å²) >= 11 is 0. The van der Waals surface area contributed by atoms with Gasteiger partial charge in [-0.1, -0.05) is 158 Å². The smallest absolute Gasteiger partial charge is 0.212 e. The average Bonchev–Trinajstić information content (AvgIpc) is 3.80. The lowest BCUT2D eigenvalue weighted by Gasteiger charge is -2.43. The van der Waals surface area contributed by atoms with E-state index < -0.39 is 5.41 Å². The molecule has 0 saturated carbocycles. The van der Waals surface area contributed by atoms with Gasteiger partial charge in [-0.15, -0.1) is 0 Å². The molecule has 57 heavy (non-hydrogen) atoms. The normalized spacial score (nSPS) is 13.3. The van der Waals surface area contributed by atoms with E-state index in [-0.39, 0.29) is 0 Å². The zero-order valence-corrected chi connectivity index (χ0v) is 30.8. The maximum atomic E-state index is 7.65. The second-order valence-electron chi connectivity index (χ2n) is 14.8. The predicted molar refractivity (Wildman–Crippen MR) is 229 cm³/mol. The Morgan fingerprint density at radius 2 is 0.737 bits per heavy atom. The SMILES string of the molecule is c1ccc(-c2cccc(-n3c4c(c5ccccc53)C3(c5ccccc5Oc5ccccc53)c3c(n(-c5cccc(-c6ccccc6)c5)c5ccccc35)O4)c2)cc1. The first-order chi connectivity index (χ1) is 28.3. The third-order valence-electron chi connectivity index (χ3n) is 11.8. The number of fused-ring (bicyclic) bond motifs is 12. The molecule has 0 N–H and O–H groups in total. The fourth-order valence-corrected chi connectivity index (χ4v) is 9.52. The lowest BCUT2D eigenvalue weighted by Crippen LogP contribution is -2.36. The molecule has 0 radical (unpaired) electrons. The molecule has 10 aromatic rings. The first-order valence-corrected chi connectivity index (χ1v) is 19.4. The summed E-state index contributed by atoms with van der Waals surface area (Å²) in [6.07, 6.45) is 0. The summed E-state index contributed by atoms with van der Waals surface area (Å²) in [6, 6.07) is 73.3. The molecule has 0 aliphatic carbocycles. The summed E-state index contributed by atoms with van der Waals surface area (Å²) in [5, 5.41) is 2.25. The molecule has 2 aliphatic heterocycles. The van der Waals surface area contributed by atoms with Gasteiger partial charge in [0.05, 0.1) is 16.4 Å². The van der Waals surface area contributed by atoms with Crippen molar-refractivity contribution in [2.45, 2.75) is 5.41 Å². The zero-order chi connectivity index (χ0) is 37.5. The molecule has 4 nitrogen and oxygen atoms in total. The van der Waals surface area contributed by atoms with E-state index in [0.29, 0.717) is 0 Å². The van der Waals surface area contributed by atoms with Crippen molar-refractivity contribution in [3.63, 3.8) is 0 Å². The van der Waals surface area contributed by atoms with Gasteiger partial charge in [-0.25, -0.2) is 0 Å². The summed E-state index contributed by atoms with van der Waals surface area (Å²) in [6.45, 7) is 0. The number of aromatic nitrogens is 2. The van der Waals surface area contributed by atoms with Crippen LogP contribution in [0.4, 0.5) is 0 Å². The van der Waals surface area contributed by atoms with Gasteiger partial charge in [0.25, 0.3) is 0 Å². The molecule has 4 heteroatoms. The highest BCUT2D eigenvalue weighted by Crippen LogP contribution is 2.65. The Morgan fingerprint density at radius 3 is 1.23 bits per heavy atom. The van der Waals surface area contributed by atoms with Crippen molar-refractivity contribution >= 4 is 21.8 Å². The summed E-state index contributed by atoms with van der Waals surface area (Å²) < 4.78 is 19.1. The van der Waals surface area contributed by atoms with Gasteiger partial charge in [0, 0.05) is 44.4 Å². The van der Waals surface area contributed by atoms with Crippen LogP contribution in [0.2, 0.25) is 0 Å².